The van der Waals surface area contributed by atoms with Gasteiger partial charge in [-0.1, -0.05) is 0 Å². The van der Waals surface area contributed by atoms with Gasteiger partial charge in [-0.25, -0.2) is 9.37 Å². The van der Waals surface area contributed by atoms with E-state index in [1.807, 2.05) is 12.3 Å². The van der Waals surface area contributed by atoms with Crippen molar-refractivity contribution < 1.29 is 23.5 Å². The molecule has 1 aliphatic heterocycles. The summed E-state index contributed by atoms with van der Waals surface area (Å²) in [6.07, 6.45) is 0.0712. The first-order chi connectivity index (χ1) is 15.9. The number of aryl methyl sites for hydroxylation is 1. The number of anilines is 2. The Bertz CT molecular complexity index is 1160. The molecule has 3 aromatic rings. The Labute approximate surface area is 195 Å². The molecule has 1 aromatic heterocycles. The zero-order chi connectivity index (χ0) is 23.5. The minimum atomic E-state index is -0.561. The maximum Gasteiger partial charge on any atom is 0.232 e. The number of hydrogen-bond donors (Lipinski definition) is 0. The van der Waals surface area contributed by atoms with Gasteiger partial charge in [0.05, 0.1) is 43.1 Å². The highest BCUT2D eigenvalue weighted by Gasteiger charge is 2.38. The van der Waals surface area contributed by atoms with Crippen LogP contribution >= 0.6 is 11.3 Å². The van der Waals surface area contributed by atoms with E-state index < -0.39 is 5.92 Å². The minimum absolute atomic E-state index is 0.0712. The van der Waals surface area contributed by atoms with E-state index in [2.05, 4.69) is 4.98 Å². The molecule has 1 atom stereocenters. The molecule has 0 saturated carbocycles. The van der Waals surface area contributed by atoms with Gasteiger partial charge in [-0.2, -0.15) is 0 Å². The first-order valence-electron chi connectivity index (χ1n) is 10.4. The SMILES string of the molecule is COc1ccc(N2CC(C(=O)N(Cc3csc(C)n3)c3ccc(F)cc3)CC2=O)c(OC)c1. The average molecular weight is 470 g/mol. The number of thiazole rings is 1. The lowest BCUT2D eigenvalue weighted by Crippen LogP contribution is -2.37. The van der Waals surface area contributed by atoms with Crippen LogP contribution in [0.2, 0.25) is 0 Å². The van der Waals surface area contributed by atoms with Gasteiger partial charge in [-0.05, 0) is 43.3 Å². The molecule has 4 rings (SSSR count). The van der Waals surface area contributed by atoms with Gasteiger partial charge in [-0.15, -0.1) is 11.3 Å². The first-order valence-corrected chi connectivity index (χ1v) is 11.3. The van der Waals surface area contributed by atoms with Gasteiger partial charge >= 0.3 is 0 Å². The number of hydrogen-bond acceptors (Lipinski definition) is 6. The van der Waals surface area contributed by atoms with E-state index >= 15 is 0 Å². The Hall–Kier alpha value is -3.46. The molecule has 9 heteroatoms. The standard InChI is InChI=1S/C24H24FN3O4S/c1-15-26-18(14-33-15)13-27(19-6-4-17(25)5-7-19)24(30)16-10-23(29)28(12-16)21-9-8-20(31-2)11-22(21)32-3/h4-9,11,14,16H,10,12-13H2,1-3H3. The molecule has 172 valence electrons. The van der Waals surface area contributed by atoms with Crippen molar-refractivity contribution in [3.8, 4) is 11.5 Å². The molecule has 0 spiro atoms. The number of ether oxygens (including phenoxy) is 2. The number of carbonyl (C=O) groups is 2. The Balaban J connectivity index is 1.60. The summed E-state index contributed by atoms with van der Waals surface area (Å²) in [5.74, 6) is -0.227. The summed E-state index contributed by atoms with van der Waals surface area (Å²) in [6, 6.07) is 11.0. The molecule has 1 saturated heterocycles. The molecule has 2 amide bonds. The second-order valence-electron chi connectivity index (χ2n) is 7.70. The highest BCUT2D eigenvalue weighted by Crippen LogP contribution is 2.36. The lowest BCUT2D eigenvalue weighted by molar-refractivity contribution is -0.124. The molecule has 33 heavy (non-hydrogen) atoms. The summed E-state index contributed by atoms with van der Waals surface area (Å²) >= 11 is 1.50. The largest absolute Gasteiger partial charge is 0.497 e. The summed E-state index contributed by atoms with van der Waals surface area (Å²) in [4.78, 5) is 34.1. The molecular weight excluding hydrogens is 445 g/mol. The fraction of sp³-hybridized carbons (Fsp3) is 0.292. The van der Waals surface area contributed by atoms with Crippen molar-refractivity contribution in [3.63, 3.8) is 0 Å². The Morgan fingerprint density at radius 3 is 2.61 bits per heavy atom. The highest BCUT2D eigenvalue weighted by molar-refractivity contribution is 7.09. The second kappa shape index (κ2) is 9.58. The first kappa shape index (κ1) is 22.7. The highest BCUT2D eigenvalue weighted by atomic mass is 32.1. The zero-order valence-corrected chi connectivity index (χ0v) is 19.4. The average Bonchev–Trinajstić information content (AvgIpc) is 3.42. The van der Waals surface area contributed by atoms with Gasteiger partial charge < -0.3 is 19.3 Å². The van der Waals surface area contributed by atoms with Crippen LogP contribution in [0.15, 0.2) is 47.8 Å². The number of amides is 2. The predicted octanol–water partition coefficient (Wildman–Crippen LogP) is 4.19. The Morgan fingerprint density at radius 1 is 1.21 bits per heavy atom. The number of methoxy groups -OCH3 is 2. The maximum atomic E-state index is 13.6. The smallest absolute Gasteiger partial charge is 0.232 e. The van der Waals surface area contributed by atoms with Gasteiger partial charge in [0, 0.05) is 30.1 Å². The molecule has 1 aliphatic rings. The number of carbonyl (C=O) groups excluding carboxylic acids is 2. The second-order valence-corrected chi connectivity index (χ2v) is 8.76. The summed E-state index contributed by atoms with van der Waals surface area (Å²) in [5, 5.41) is 2.79. The molecule has 2 aromatic carbocycles. The Kier molecular flexibility index (Phi) is 6.60. The Morgan fingerprint density at radius 2 is 1.97 bits per heavy atom. The monoisotopic (exact) mass is 469 g/mol. The number of rotatable bonds is 7. The topological polar surface area (TPSA) is 72.0 Å². The summed E-state index contributed by atoms with van der Waals surface area (Å²) in [6.45, 7) is 2.35. The summed E-state index contributed by atoms with van der Waals surface area (Å²) in [7, 11) is 3.07. The maximum absolute atomic E-state index is 13.6. The van der Waals surface area contributed by atoms with E-state index in [0.29, 0.717) is 22.9 Å². The zero-order valence-electron chi connectivity index (χ0n) is 18.6. The van der Waals surface area contributed by atoms with Crippen molar-refractivity contribution in [1.29, 1.82) is 0 Å². The van der Waals surface area contributed by atoms with Gasteiger partial charge in [-0.3, -0.25) is 9.59 Å². The summed E-state index contributed by atoms with van der Waals surface area (Å²) < 4.78 is 24.2. The van der Waals surface area contributed by atoms with Gasteiger partial charge in [0.1, 0.15) is 17.3 Å². The van der Waals surface area contributed by atoms with Crippen molar-refractivity contribution in [2.24, 2.45) is 5.92 Å². The molecule has 0 radical (unpaired) electrons. The van der Waals surface area contributed by atoms with Crippen LogP contribution in [0, 0.1) is 18.7 Å². The molecular formula is C24H24FN3O4S. The molecule has 7 nitrogen and oxygen atoms in total. The molecule has 2 heterocycles. The fourth-order valence-corrected chi connectivity index (χ4v) is 4.50. The van der Waals surface area contributed by atoms with Crippen molar-refractivity contribution in [2.45, 2.75) is 19.9 Å². The lowest BCUT2D eigenvalue weighted by atomic mass is 10.1. The van der Waals surface area contributed by atoms with Crippen LogP contribution in [-0.4, -0.2) is 37.6 Å². The van der Waals surface area contributed by atoms with E-state index in [-0.39, 0.29) is 37.1 Å². The molecule has 0 bridgehead atoms. The van der Waals surface area contributed by atoms with E-state index in [0.717, 1.165) is 10.7 Å². The van der Waals surface area contributed by atoms with Gasteiger partial charge in [0.2, 0.25) is 11.8 Å². The molecule has 0 aliphatic carbocycles. The lowest BCUT2D eigenvalue weighted by Gasteiger charge is -2.25. The number of halogens is 1. The van der Waals surface area contributed by atoms with Crippen LogP contribution in [0.5, 0.6) is 11.5 Å². The van der Waals surface area contributed by atoms with E-state index in [9.17, 15) is 14.0 Å². The van der Waals surface area contributed by atoms with E-state index in [4.69, 9.17) is 9.47 Å². The van der Waals surface area contributed by atoms with Gasteiger partial charge in [0.25, 0.3) is 0 Å². The summed E-state index contributed by atoms with van der Waals surface area (Å²) in [5.41, 5.74) is 1.88. The van der Waals surface area contributed by atoms with E-state index in [1.165, 1.54) is 30.6 Å². The van der Waals surface area contributed by atoms with Crippen molar-refractivity contribution >= 4 is 34.5 Å². The number of benzene rings is 2. The van der Waals surface area contributed by atoms with Crippen molar-refractivity contribution in [3.05, 3.63) is 64.4 Å². The van der Waals surface area contributed by atoms with Crippen LogP contribution in [0.1, 0.15) is 17.1 Å². The predicted molar refractivity (Wildman–Crippen MR) is 124 cm³/mol. The molecule has 0 N–H and O–H groups in total. The van der Waals surface area contributed by atoms with Crippen molar-refractivity contribution in [1.82, 2.24) is 4.98 Å². The third-order valence-electron chi connectivity index (χ3n) is 5.54. The quantitative estimate of drug-likeness (QED) is 0.519. The van der Waals surface area contributed by atoms with Crippen LogP contribution in [0.3, 0.4) is 0 Å². The minimum Gasteiger partial charge on any atom is -0.497 e. The molecule has 1 fully saturated rings. The van der Waals surface area contributed by atoms with Crippen LogP contribution in [-0.2, 0) is 16.1 Å². The van der Waals surface area contributed by atoms with Crippen LogP contribution in [0.4, 0.5) is 15.8 Å². The van der Waals surface area contributed by atoms with Crippen LogP contribution < -0.4 is 19.3 Å². The third-order valence-corrected chi connectivity index (χ3v) is 6.37. The van der Waals surface area contributed by atoms with Crippen molar-refractivity contribution in [2.75, 3.05) is 30.6 Å². The van der Waals surface area contributed by atoms with Crippen LogP contribution in [0.25, 0.3) is 0 Å². The third kappa shape index (κ3) is 4.83. The number of aromatic nitrogens is 1. The van der Waals surface area contributed by atoms with E-state index in [1.54, 1.807) is 47.2 Å². The fourth-order valence-electron chi connectivity index (χ4n) is 3.89. The van der Waals surface area contributed by atoms with Gasteiger partial charge in [0.15, 0.2) is 0 Å². The normalized spacial score (nSPS) is 15.6. The molecule has 1 unspecified atom stereocenters. The number of nitrogens with zero attached hydrogens (tertiary/aromatic N) is 3.